The van der Waals surface area contributed by atoms with Crippen molar-refractivity contribution in [2.75, 3.05) is 24.1 Å². The van der Waals surface area contributed by atoms with Crippen LogP contribution in [-0.2, 0) is 19.4 Å². The SMILES string of the molecule is Nc1nc2c(c(NCCc3ccc[nH]3)n1)CNCC2. The fraction of sp³-hybridized carbons (Fsp3) is 0.385. The first-order chi connectivity index (χ1) is 9.33. The van der Waals surface area contributed by atoms with Crippen LogP contribution in [0.15, 0.2) is 18.3 Å². The van der Waals surface area contributed by atoms with Gasteiger partial charge in [0.25, 0.3) is 0 Å². The predicted octanol–water partition coefficient (Wildman–Crippen LogP) is 0.687. The highest BCUT2D eigenvalue weighted by molar-refractivity contribution is 5.50. The summed E-state index contributed by atoms with van der Waals surface area (Å²) in [5, 5.41) is 6.70. The van der Waals surface area contributed by atoms with Crippen LogP contribution in [0.5, 0.6) is 0 Å². The van der Waals surface area contributed by atoms with E-state index < -0.39 is 0 Å². The van der Waals surface area contributed by atoms with Crippen molar-refractivity contribution in [1.82, 2.24) is 20.3 Å². The first-order valence-corrected chi connectivity index (χ1v) is 6.55. The maximum atomic E-state index is 5.76. The van der Waals surface area contributed by atoms with Gasteiger partial charge in [0.05, 0.1) is 5.69 Å². The van der Waals surface area contributed by atoms with Gasteiger partial charge in [-0.2, -0.15) is 4.98 Å². The Morgan fingerprint density at radius 3 is 3.16 bits per heavy atom. The second kappa shape index (κ2) is 5.27. The van der Waals surface area contributed by atoms with E-state index >= 15 is 0 Å². The molecule has 6 heteroatoms. The van der Waals surface area contributed by atoms with E-state index in [1.807, 2.05) is 12.3 Å². The van der Waals surface area contributed by atoms with Crippen molar-refractivity contribution in [2.45, 2.75) is 19.4 Å². The van der Waals surface area contributed by atoms with Crippen LogP contribution in [0, 0.1) is 0 Å². The van der Waals surface area contributed by atoms with Crippen LogP contribution >= 0.6 is 0 Å². The van der Waals surface area contributed by atoms with E-state index in [1.54, 1.807) is 0 Å². The normalized spacial score (nSPS) is 14.1. The number of H-pyrrole nitrogens is 1. The van der Waals surface area contributed by atoms with Crippen LogP contribution in [0.2, 0.25) is 0 Å². The van der Waals surface area contributed by atoms with E-state index in [4.69, 9.17) is 5.73 Å². The third kappa shape index (κ3) is 2.68. The van der Waals surface area contributed by atoms with Crippen LogP contribution < -0.4 is 16.4 Å². The zero-order chi connectivity index (χ0) is 13.1. The molecule has 1 aliphatic heterocycles. The summed E-state index contributed by atoms with van der Waals surface area (Å²) in [5.41, 5.74) is 9.18. The lowest BCUT2D eigenvalue weighted by Gasteiger charge is -2.19. The Bertz CT molecular complexity index is 549. The van der Waals surface area contributed by atoms with Crippen LogP contribution in [0.3, 0.4) is 0 Å². The molecule has 0 spiro atoms. The largest absolute Gasteiger partial charge is 0.369 e. The third-order valence-electron chi connectivity index (χ3n) is 3.30. The molecular formula is C13H18N6. The molecule has 0 fully saturated rings. The van der Waals surface area contributed by atoms with E-state index in [-0.39, 0.29) is 0 Å². The first kappa shape index (κ1) is 12.0. The van der Waals surface area contributed by atoms with Crippen LogP contribution in [-0.4, -0.2) is 28.0 Å². The average molecular weight is 258 g/mol. The second-order valence-corrected chi connectivity index (χ2v) is 4.65. The fourth-order valence-corrected chi connectivity index (χ4v) is 2.35. The van der Waals surface area contributed by atoms with Crippen molar-refractivity contribution in [1.29, 1.82) is 0 Å². The zero-order valence-electron chi connectivity index (χ0n) is 10.7. The molecule has 1 aliphatic rings. The van der Waals surface area contributed by atoms with Crippen LogP contribution in [0.4, 0.5) is 11.8 Å². The number of aromatic nitrogens is 3. The van der Waals surface area contributed by atoms with Gasteiger partial charge >= 0.3 is 0 Å². The smallest absolute Gasteiger partial charge is 0.222 e. The van der Waals surface area contributed by atoms with Crippen molar-refractivity contribution in [3.63, 3.8) is 0 Å². The van der Waals surface area contributed by atoms with Gasteiger partial charge in [0.2, 0.25) is 5.95 Å². The first-order valence-electron chi connectivity index (χ1n) is 6.55. The number of hydrogen-bond acceptors (Lipinski definition) is 5. The van der Waals surface area contributed by atoms with Crippen molar-refractivity contribution in [3.8, 4) is 0 Å². The van der Waals surface area contributed by atoms with Crippen molar-refractivity contribution >= 4 is 11.8 Å². The molecule has 100 valence electrons. The number of hydrogen-bond donors (Lipinski definition) is 4. The van der Waals surface area contributed by atoms with Gasteiger partial charge in [-0.15, -0.1) is 0 Å². The summed E-state index contributed by atoms with van der Waals surface area (Å²) in [6.45, 7) is 2.58. The topological polar surface area (TPSA) is 91.6 Å². The highest BCUT2D eigenvalue weighted by atomic mass is 15.1. The molecule has 3 heterocycles. The van der Waals surface area contributed by atoms with Gasteiger partial charge < -0.3 is 21.4 Å². The molecule has 0 radical (unpaired) electrons. The van der Waals surface area contributed by atoms with E-state index in [9.17, 15) is 0 Å². The Hall–Kier alpha value is -2.08. The molecule has 2 aromatic rings. The Morgan fingerprint density at radius 2 is 2.32 bits per heavy atom. The summed E-state index contributed by atoms with van der Waals surface area (Å²) in [5.74, 6) is 1.21. The number of nitrogens with one attached hydrogen (secondary N) is 3. The second-order valence-electron chi connectivity index (χ2n) is 4.65. The van der Waals surface area contributed by atoms with E-state index in [2.05, 4.69) is 31.7 Å². The number of aromatic amines is 1. The summed E-state index contributed by atoms with van der Waals surface area (Å²) in [4.78, 5) is 11.8. The summed E-state index contributed by atoms with van der Waals surface area (Å²) in [6.07, 6.45) is 3.77. The summed E-state index contributed by atoms with van der Waals surface area (Å²) >= 11 is 0. The lowest BCUT2D eigenvalue weighted by Crippen LogP contribution is -2.27. The van der Waals surface area contributed by atoms with Gasteiger partial charge in [0.1, 0.15) is 5.82 Å². The Morgan fingerprint density at radius 1 is 1.37 bits per heavy atom. The third-order valence-corrected chi connectivity index (χ3v) is 3.30. The number of nitrogens with two attached hydrogens (primary N) is 1. The molecule has 6 nitrogen and oxygen atoms in total. The van der Waals surface area contributed by atoms with Crippen molar-refractivity contribution in [3.05, 3.63) is 35.3 Å². The quantitative estimate of drug-likeness (QED) is 0.647. The molecule has 0 amide bonds. The number of nitrogens with zero attached hydrogens (tertiary/aromatic N) is 2. The zero-order valence-corrected chi connectivity index (χ0v) is 10.7. The van der Waals surface area contributed by atoms with Gasteiger partial charge in [-0.05, 0) is 12.1 Å². The Labute approximate surface area is 111 Å². The summed E-state index contributed by atoms with van der Waals surface area (Å²) < 4.78 is 0. The maximum Gasteiger partial charge on any atom is 0.222 e. The minimum Gasteiger partial charge on any atom is -0.369 e. The summed E-state index contributed by atoms with van der Waals surface area (Å²) in [6, 6.07) is 4.08. The molecule has 0 saturated heterocycles. The van der Waals surface area contributed by atoms with Gasteiger partial charge in [-0.25, -0.2) is 4.98 Å². The number of fused-ring (bicyclic) bond motifs is 1. The highest BCUT2D eigenvalue weighted by Gasteiger charge is 2.16. The molecule has 5 N–H and O–H groups in total. The minimum absolute atomic E-state index is 0.350. The molecule has 19 heavy (non-hydrogen) atoms. The standard InChI is InChI=1S/C13H18N6/c14-13-18-11-4-6-15-8-10(11)12(19-13)17-7-3-9-2-1-5-16-9/h1-2,5,15-16H,3-4,6-8H2,(H3,14,17,18,19). The molecular weight excluding hydrogens is 240 g/mol. The van der Waals surface area contributed by atoms with Crippen LogP contribution in [0.1, 0.15) is 17.0 Å². The monoisotopic (exact) mass is 258 g/mol. The molecule has 0 aliphatic carbocycles. The molecule has 0 saturated carbocycles. The van der Waals surface area contributed by atoms with Gasteiger partial charge in [-0.3, -0.25) is 0 Å². The minimum atomic E-state index is 0.350. The molecule has 0 atom stereocenters. The van der Waals surface area contributed by atoms with E-state index in [0.717, 1.165) is 49.6 Å². The fourth-order valence-electron chi connectivity index (χ4n) is 2.35. The average Bonchev–Trinajstić information content (AvgIpc) is 2.91. The number of rotatable bonds is 4. The van der Waals surface area contributed by atoms with Crippen molar-refractivity contribution in [2.24, 2.45) is 0 Å². The Balaban J connectivity index is 1.71. The number of anilines is 2. The van der Waals surface area contributed by atoms with Crippen LogP contribution in [0.25, 0.3) is 0 Å². The molecule has 3 rings (SSSR count). The summed E-state index contributed by atoms with van der Waals surface area (Å²) in [7, 11) is 0. The number of nitrogen functional groups attached to an aromatic ring is 1. The van der Waals surface area contributed by atoms with Gasteiger partial charge in [0, 0.05) is 49.9 Å². The molecule has 0 aromatic carbocycles. The van der Waals surface area contributed by atoms with Crippen molar-refractivity contribution < 1.29 is 0 Å². The van der Waals surface area contributed by atoms with Gasteiger partial charge in [0.15, 0.2) is 0 Å². The predicted molar refractivity (Wildman–Crippen MR) is 74.8 cm³/mol. The van der Waals surface area contributed by atoms with Gasteiger partial charge in [-0.1, -0.05) is 0 Å². The maximum absolute atomic E-state index is 5.76. The molecule has 0 unspecified atom stereocenters. The Kier molecular flexibility index (Phi) is 3.33. The lowest BCUT2D eigenvalue weighted by molar-refractivity contribution is 0.628. The van der Waals surface area contributed by atoms with E-state index in [1.165, 1.54) is 5.69 Å². The molecule has 2 aromatic heterocycles. The highest BCUT2D eigenvalue weighted by Crippen LogP contribution is 2.20. The van der Waals surface area contributed by atoms with E-state index in [0.29, 0.717) is 5.95 Å². The lowest BCUT2D eigenvalue weighted by atomic mass is 10.1. The molecule has 0 bridgehead atoms.